The van der Waals surface area contributed by atoms with E-state index in [-0.39, 0.29) is 11.6 Å². The van der Waals surface area contributed by atoms with Crippen molar-refractivity contribution in [2.24, 2.45) is 0 Å². The van der Waals surface area contributed by atoms with Gasteiger partial charge < -0.3 is 9.67 Å². The summed E-state index contributed by atoms with van der Waals surface area (Å²) in [7, 11) is 0. The quantitative estimate of drug-likeness (QED) is 0.492. The molecule has 0 bridgehead atoms. The van der Waals surface area contributed by atoms with Crippen LogP contribution >= 0.6 is 0 Å². The molecule has 0 saturated heterocycles. The summed E-state index contributed by atoms with van der Waals surface area (Å²) in [4.78, 5) is 25.5. The Hall–Kier alpha value is -3.24. The van der Waals surface area contributed by atoms with Gasteiger partial charge in [-0.25, -0.2) is 0 Å². The van der Waals surface area contributed by atoms with Crippen LogP contribution in [0.4, 0.5) is 0 Å². The van der Waals surface area contributed by atoms with Gasteiger partial charge in [0.15, 0.2) is 11.6 Å². The van der Waals surface area contributed by atoms with E-state index in [0.29, 0.717) is 16.7 Å². The maximum Gasteiger partial charge on any atom is 0.193 e. The SMILES string of the molecule is CCn1c2ccc(C(=O)c3ccccc3)cc2c2cc(C(=O)C(C)(C)O)ccc21. The average Bonchev–Trinajstić information content (AvgIpc) is 3.04. The van der Waals surface area contributed by atoms with E-state index in [1.807, 2.05) is 60.7 Å². The Kier molecular flexibility index (Phi) is 4.59. The first-order chi connectivity index (χ1) is 13.8. The van der Waals surface area contributed by atoms with Gasteiger partial charge in [0, 0.05) is 45.0 Å². The van der Waals surface area contributed by atoms with Crippen molar-refractivity contribution in [2.75, 3.05) is 0 Å². The van der Waals surface area contributed by atoms with E-state index in [1.165, 1.54) is 13.8 Å². The van der Waals surface area contributed by atoms with Gasteiger partial charge in [0.05, 0.1) is 0 Å². The lowest BCUT2D eigenvalue weighted by Gasteiger charge is -2.15. The molecule has 146 valence electrons. The number of aromatic nitrogens is 1. The number of hydrogen-bond acceptors (Lipinski definition) is 3. The first-order valence-electron chi connectivity index (χ1n) is 9.74. The predicted octanol–water partition coefficient (Wildman–Crippen LogP) is 5.00. The summed E-state index contributed by atoms with van der Waals surface area (Å²) in [5.41, 5.74) is 2.28. The second kappa shape index (κ2) is 6.98. The zero-order valence-corrected chi connectivity index (χ0v) is 16.8. The number of ketones is 2. The van der Waals surface area contributed by atoms with Crippen molar-refractivity contribution in [3.05, 3.63) is 83.4 Å². The smallest absolute Gasteiger partial charge is 0.193 e. The normalized spacial score (nSPS) is 11.9. The average molecular weight is 385 g/mol. The van der Waals surface area contributed by atoms with Crippen LogP contribution in [0, 0.1) is 0 Å². The van der Waals surface area contributed by atoms with E-state index in [0.717, 1.165) is 28.4 Å². The Bertz CT molecular complexity index is 1240. The highest BCUT2D eigenvalue weighted by molar-refractivity contribution is 6.16. The minimum atomic E-state index is -1.44. The third kappa shape index (κ3) is 3.26. The molecule has 0 aliphatic heterocycles. The van der Waals surface area contributed by atoms with Crippen molar-refractivity contribution in [1.29, 1.82) is 0 Å². The number of fused-ring (bicyclic) bond motifs is 3. The molecule has 1 aromatic heterocycles. The third-order valence-corrected chi connectivity index (χ3v) is 5.30. The predicted molar refractivity (Wildman–Crippen MR) is 116 cm³/mol. The summed E-state index contributed by atoms with van der Waals surface area (Å²) in [5, 5.41) is 11.9. The lowest BCUT2D eigenvalue weighted by atomic mass is 9.95. The molecule has 0 unspecified atom stereocenters. The van der Waals surface area contributed by atoms with Crippen LogP contribution in [0.25, 0.3) is 21.8 Å². The van der Waals surface area contributed by atoms with Crippen LogP contribution in [0.2, 0.25) is 0 Å². The molecule has 1 heterocycles. The number of nitrogens with zero attached hydrogens (tertiary/aromatic N) is 1. The fourth-order valence-electron chi connectivity index (χ4n) is 3.84. The Balaban J connectivity index is 1.93. The lowest BCUT2D eigenvalue weighted by Crippen LogP contribution is -2.30. The first kappa shape index (κ1) is 19.1. The van der Waals surface area contributed by atoms with Crippen LogP contribution in [0.3, 0.4) is 0 Å². The van der Waals surface area contributed by atoms with Gasteiger partial charge in [-0.15, -0.1) is 0 Å². The Labute approximate surface area is 169 Å². The van der Waals surface area contributed by atoms with E-state index in [9.17, 15) is 14.7 Å². The molecule has 0 atom stereocenters. The molecule has 0 aliphatic carbocycles. The first-order valence-corrected chi connectivity index (χ1v) is 9.74. The molecule has 0 saturated carbocycles. The molecule has 0 spiro atoms. The van der Waals surface area contributed by atoms with Gasteiger partial charge in [-0.2, -0.15) is 0 Å². The lowest BCUT2D eigenvalue weighted by molar-refractivity contribution is 0.0488. The van der Waals surface area contributed by atoms with Gasteiger partial charge >= 0.3 is 0 Å². The molecule has 1 N–H and O–H groups in total. The Morgan fingerprint density at radius 2 is 1.38 bits per heavy atom. The highest BCUT2D eigenvalue weighted by Gasteiger charge is 2.26. The standard InChI is InChI=1S/C25H23NO3/c1-4-26-21-12-10-17(23(27)16-8-6-5-7-9-16)14-19(21)20-15-18(11-13-22(20)26)24(28)25(2,3)29/h5-15,29H,4H2,1-3H3. The molecule has 4 nitrogen and oxygen atoms in total. The van der Waals surface area contributed by atoms with Crippen LogP contribution in [0.15, 0.2) is 66.7 Å². The number of rotatable bonds is 5. The molecule has 0 amide bonds. The summed E-state index contributed by atoms with van der Waals surface area (Å²) in [6, 6.07) is 20.4. The van der Waals surface area contributed by atoms with Crippen molar-refractivity contribution in [1.82, 2.24) is 4.57 Å². The van der Waals surface area contributed by atoms with Crippen molar-refractivity contribution < 1.29 is 14.7 Å². The molecule has 0 fully saturated rings. The number of carbonyl (C=O) groups excluding carboxylic acids is 2. The van der Waals surface area contributed by atoms with Gasteiger partial charge in [-0.3, -0.25) is 9.59 Å². The highest BCUT2D eigenvalue weighted by Crippen LogP contribution is 2.32. The van der Waals surface area contributed by atoms with Gasteiger partial charge in [0.25, 0.3) is 0 Å². The number of aryl methyl sites for hydroxylation is 1. The van der Waals surface area contributed by atoms with Crippen molar-refractivity contribution in [3.8, 4) is 0 Å². The van der Waals surface area contributed by atoms with Crippen molar-refractivity contribution in [3.63, 3.8) is 0 Å². The molecule has 4 aromatic rings. The van der Waals surface area contributed by atoms with Crippen LogP contribution in [0.1, 0.15) is 47.1 Å². The fourth-order valence-corrected chi connectivity index (χ4v) is 3.84. The van der Waals surface area contributed by atoms with Crippen molar-refractivity contribution in [2.45, 2.75) is 32.9 Å². The third-order valence-electron chi connectivity index (χ3n) is 5.30. The maximum absolute atomic E-state index is 12.9. The van der Waals surface area contributed by atoms with E-state index in [2.05, 4.69) is 11.5 Å². The molecule has 29 heavy (non-hydrogen) atoms. The van der Waals surface area contributed by atoms with Crippen molar-refractivity contribution >= 4 is 33.4 Å². The monoisotopic (exact) mass is 385 g/mol. The topological polar surface area (TPSA) is 59.3 Å². The number of Topliss-reactive ketones (excluding diaryl/α,β-unsaturated/α-hetero) is 1. The van der Waals surface area contributed by atoms with Gasteiger partial charge in [0.1, 0.15) is 5.60 Å². The zero-order valence-electron chi connectivity index (χ0n) is 16.8. The minimum absolute atomic E-state index is 0.0337. The Morgan fingerprint density at radius 3 is 1.93 bits per heavy atom. The highest BCUT2D eigenvalue weighted by atomic mass is 16.3. The van der Waals surface area contributed by atoms with E-state index in [1.54, 1.807) is 6.07 Å². The van der Waals surface area contributed by atoms with E-state index in [4.69, 9.17) is 0 Å². The summed E-state index contributed by atoms with van der Waals surface area (Å²) in [6.07, 6.45) is 0. The van der Waals surface area contributed by atoms with Crippen LogP contribution < -0.4 is 0 Å². The number of aliphatic hydroxyl groups is 1. The minimum Gasteiger partial charge on any atom is -0.382 e. The molecule has 4 heteroatoms. The molecular weight excluding hydrogens is 362 g/mol. The van der Waals surface area contributed by atoms with Gasteiger partial charge in [0.2, 0.25) is 0 Å². The van der Waals surface area contributed by atoms with Crippen LogP contribution in [-0.4, -0.2) is 26.8 Å². The maximum atomic E-state index is 12.9. The molecular formula is C25H23NO3. The van der Waals surface area contributed by atoms with Crippen LogP contribution in [-0.2, 0) is 6.54 Å². The second-order valence-corrected chi connectivity index (χ2v) is 7.79. The molecule has 4 rings (SSSR count). The summed E-state index contributed by atoms with van der Waals surface area (Å²) in [6.45, 7) is 5.82. The summed E-state index contributed by atoms with van der Waals surface area (Å²) >= 11 is 0. The second-order valence-electron chi connectivity index (χ2n) is 7.79. The van der Waals surface area contributed by atoms with Gasteiger partial charge in [-0.05, 0) is 57.2 Å². The van der Waals surface area contributed by atoms with Gasteiger partial charge in [-0.1, -0.05) is 30.3 Å². The zero-order chi connectivity index (χ0) is 20.8. The fraction of sp³-hybridized carbons (Fsp3) is 0.200. The van der Waals surface area contributed by atoms with Crippen LogP contribution in [0.5, 0.6) is 0 Å². The number of carbonyl (C=O) groups is 2. The van der Waals surface area contributed by atoms with E-state index >= 15 is 0 Å². The number of hydrogen-bond donors (Lipinski definition) is 1. The summed E-state index contributed by atoms with van der Waals surface area (Å²) < 4.78 is 2.17. The molecule has 3 aromatic carbocycles. The molecule has 0 radical (unpaired) electrons. The number of benzene rings is 3. The van der Waals surface area contributed by atoms with E-state index < -0.39 is 5.60 Å². The molecule has 0 aliphatic rings. The summed E-state index contributed by atoms with van der Waals surface area (Å²) in [5.74, 6) is -0.359. The Morgan fingerprint density at radius 1 is 0.828 bits per heavy atom. The largest absolute Gasteiger partial charge is 0.382 e.